The molecule has 1 aromatic rings. The molecule has 4 heteroatoms. The topological polar surface area (TPSA) is 46.5 Å². The number of phenols is 1. The van der Waals surface area contributed by atoms with Crippen LogP contribution in [0.4, 0.5) is 0 Å². The third-order valence-corrected chi connectivity index (χ3v) is 1.82. The minimum atomic E-state index is -1.07. The first kappa shape index (κ1) is 16.6. The van der Waals surface area contributed by atoms with Gasteiger partial charge in [-0.25, -0.2) is 4.21 Å². The summed E-state index contributed by atoms with van der Waals surface area (Å²) in [6.07, 6.45) is 1.47. The van der Waals surface area contributed by atoms with Gasteiger partial charge in [0.25, 0.3) is 0 Å². The maximum atomic E-state index is 9.70. The maximum Gasteiger partial charge on any atom is 0.151 e. The van der Waals surface area contributed by atoms with Gasteiger partial charge < -0.3 is 5.11 Å². The first-order valence-corrected chi connectivity index (χ1v) is 6.18. The second kappa shape index (κ2) is 11.2. The van der Waals surface area contributed by atoms with E-state index in [2.05, 4.69) is 4.18 Å². The molecule has 0 aliphatic rings. The standard InChI is InChI=1S/C7H8O.C2H6O2S.C2H6/c1-6-4-2-3-5-7(6)8;1-4-5(2)3;1-2/h2-5,8H,1H3;1-2H3;1-2H3. The molecule has 0 aromatic heterocycles. The van der Waals surface area contributed by atoms with Crippen LogP contribution in [0.2, 0.25) is 0 Å². The highest BCUT2D eigenvalue weighted by Gasteiger charge is 1.86. The first-order chi connectivity index (χ1) is 7.07. The van der Waals surface area contributed by atoms with Crippen molar-refractivity contribution in [2.75, 3.05) is 13.4 Å². The van der Waals surface area contributed by atoms with E-state index in [1.54, 1.807) is 6.07 Å². The lowest BCUT2D eigenvalue weighted by atomic mass is 10.2. The summed E-state index contributed by atoms with van der Waals surface area (Å²) in [7, 11) is 1.40. The van der Waals surface area contributed by atoms with Crippen LogP contribution in [0.5, 0.6) is 5.75 Å². The Bertz CT molecular complexity index is 253. The lowest BCUT2D eigenvalue weighted by Gasteiger charge is -1.92. The van der Waals surface area contributed by atoms with E-state index in [1.807, 2.05) is 39.0 Å². The van der Waals surface area contributed by atoms with E-state index in [9.17, 15) is 4.21 Å². The van der Waals surface area contributed by atoms with Gasteiger partial charge in [-0.2, -0.15) is 0 Å². The van der Waals surface area contributed by atoms with Crippen molar-refractivity contribution in [2.24, 2.45) is 0 Å². The van der Waals surface area contributed by atoms with Crippen molar-refractivity contribution in [1.82, 2.24) is 0 Å². The molecule has 0 aliphatic heterocycles. The van der Waals surface area contributed by atoms with E-state index in [1.165, 1.54) is 13.4 Å². The number of hydrogen-bond donors (Lipinski definition) is 1. The maximum absolute atomic E-state index is 9.70. The van der Waals surface area contributed by atoms with Crippen LogP contribution in [0.1, 0.15) is 19.4 Å². The van der Waals surface area contributed by atoms with Crippen molar-refractivity contribution in [3.63, 3.8) is 0 Å². The summed E-state index contributed by atoms with van der Waals surface area (Å²) in [6.45, 7) is 5.87. The van der Waals surface area contributed by atoms with Gasteiger partial charge in [0, 0.05) is 6.26 Å². The number of para-hydroxylation sites is 1. The van der Waals surface area contributed by atoms with Crippen molar-refractivity contribution in [1.29, 1.82) is 0 Å². The SMILES string of the molecule is CC.COS(C)=O.Cc1ccccc1O. The summed E-state index contributed by atoms with van der Waals surface area (Å²) in [5.74, 6) is 0.368. The molecule has 1 rings (SSSR count). The first-order valence-electron chi connectivity index (χ1n) is 4.70. The molecule has 1 aromatic carbocycles. The minimum Gasteiger partial charge on any atom is -0.508 e. The number of rotatable bonds is 1. The predicted octanol–water partition coefficient (Wildman–Crippen LogP) is 2.65. The predicted molar refractivity (Wildman–Crippen MR) is 65.3 cm³/mol. The van der Waals surface area contributed by atoms with Crippen molar-refractivity contribution in [3.05, 3.63) is 29.8 Å². The molecule has 1 N–H and O–H groups in total. The smallest absolute Gasteiger partial charge is 0.151 e. The minimum absolute atomic E-state index is 0.368. The van der Waals surface area contributed by atoms with Crippen molar-refractivity contribution in [2.45, 2.75) is 20.8 Å². The Hall–Kier alpha value is -0.870. The molecule has 15 heavy (non-hydrogen) atoms. The van der Waals surface area contributed by atoms with Gasteiger partial charge in [-0.3, -0.25) is 4.18 Å². The normalized spacial score (nSPS) is 10.2. The molecular formula is C11H20O3S. The second-order valence-electron chi connectivity index (χ2n) is 2.35. The zero-order chi connectivity index (χ0) is 12.3. The fourth-order valence-electron chi connectivity index (χ4n) is 0.563. The Morgan fingerprint density at radius 2 is 1.67 bits per heavy atom. The van der Waals surface area contributed by atoms with Crippen LogP contribution >= 0.6 is 0 Å². The fourth-order valence-corrected chi connectivity index (χ4v) is 0.563. The third-order valence-electron chi connectivity index (χ3n) is 1.35. The molecule has 0 fully saturated rings. The number of phenolic OH excluding ortho intramolecular Hbond substituents is 1. The van der Waals surface area contributed by atoms with E-state index < -0.39 is 11.1 Å². The highest BCUT2D eigenvalue weighted by Crippen LogP contribution is 2.12. The summed E-state index contributed by atoms with van der Waals surface area (Å²) in [5.41, 5.74) is 0.924. The van der Waals surface area contributed by atoms with Crippen LogP contribution in [0, 0.1) is 6.92 Å². The van der Waals surface area contributed by atoms with Crippen molar-refractivity contribution in [3.8, 4) is 5.75 Å². The summed E-state index contributed by atoms with van der Waals surface area (Å²) in [6, 6.07) is 7.25. The lowest BCUT2D eigenvalue weighted by molar-refractivity contribution is 0.450. The molecule has 0 bridgehead atoms. The van der Waals surface area contributed by atoms with E-state index >= 15 is 0 Å². The van der Waals surface area contributed by atoms with Crippen LogP contribution in [0.25, 0.3) is 0 Å². The molecule has 0 amide bonds. The zero-order valence-electron chi connectivity index (χ0n) is 9.98. The van der Waals surface area contributed by atoms with Gasteiger partial charge in [0.05, 0.1) is 7.11 Å². The fraction of sp³-hybridized carbons (Fsp3) is 0.455. The number of aromatic hydroxyl groups is 1. The van der Waals surface area contributed by atoms with Crippen LogP contribution in [-0.2, 0) is 15.3 Å². The Morgan fingerprint density at radius 1 is 1.27 bits per heavy atom. The van der Waals surface area contributed by atoms with Gasteiger partial charge in [-0.1, -0.05) is 32.0 Å². The third kappa shape index (κ3) is 11.1. The van der Waals surface area contributed by atoms with Gasteiger partial charge in [-0.15, -0.1) is 0 Å². The molecule has 0 radical (unpaired) electrons. The second-order valence-corrected chi connectivity index (χ2v) is 3.49. The average Bonchev–Trinajstić information content (AvgIpc) is 2.26. The van der Waals surface area contributed by atoms with Crippen molar-refractivity contribution >= 4 is 11.1 Å². The molecule has 88 valence electrons. The van der Waals surface area contributed by atoms with Gasteiger partial charge >= 0.3 is 0 Å². The summed E-state index contributed by atoms with van der Waals surface area (Å²) in [4.78, 5) is 0. The van der Waals surface area contributed by atoms with Crippen LogP contribution in [0.15, 0.2) is 24.3 Å². The summed E-state index contributed by atoms with van der Waals surface area (Å²) in [5, 5.41) is 8.92. The van der Waals surface area contributed by atoms with Gasteiger partial charge in [-0.05, 0) is 18.6 Å². The van der Waals surface area contributed by atoms with Crippen LogP contribution in [0.3, 0.4) is 0 Å². The molecule has 0 aliphatic carbocycles. The Labute approximate surface area is 94.8 Å². The zero-order valence-corrected chi connectivity index (χ0v) is 10.8. The molecule has 1 atom stereocenters. The monoisotopic (exact) mass is 232 g/mol. The van der Waals surface area contributed by atoms with E-state index in [0.29, 0.717) is 5.75 Å². The highest BCUT2D eigenvalue weighted by atomic mass is 32.2. The number of benzene rings is 1. The molecule has 0 saturated heterocycles. The van der Waals surface area contributed by atoms with E-state index in [-0.39, 0.29) is 0 Å². The van der Waals surface area contributed by atoms with E-state index in [4.69, 9.17) is 5.11 Å². The molecule has 0 heterocycles. The average molecular weight is 232 g/mol. The Kier molecular flexibility index (Phi) is 12.4. The largest absolute Gasteiger partial charge is 0.508 e. The van der Waals surface area contributed by atoms with Crippen LogP contribution in [-0.4, -0.2) is 22.7 Å². The van der Waals surface area contributed by atoms with Gasteiger partial charge in [0.15, 0.2) is 11.1 Å². The Balaban J connectivity index is 0. The van der Waals surface area contributed by atoms with E-state index in [0.717, 1.165) is 5.56 Å². The molecule has 3 nitrogen and oxygen atoms in total. The summed E-state index contributed by atoms with van der Waals surface area (Å²) >= 11 is -1.07. The van der Waals surface area contributed by atoms with Crippen LogP contribution < -0.4 is 0 Å². The number of aryl methyl sites for hydroxylation is 1. The molecule has 0 spiro atoms. The van der Waals surface area contributed by atoms with Gasteiger partial charge in [0.1, 0.15) is 5.75 Å². The quantitative estimate of drug-likeness (QED) is 0.809. The van der Waals surface area contributed by atoms with Crippen molar-refractivity contribution < 1.29 is 13.5 Å². The number of hydrogen-bond acceptors (Lipinski definition) is 3. The lowest BCUT2D eigenvalue weighted by Crippen LogP contribution is -1.83. The molecular weight excluding hydrogens is 212 g/mol. The highest BCUT2D eigenvalue weighted by molar-refractivity contribution is 7.79. The Morgan fingerprint density at radius 3 is 1.87 bits per heavy atom. The summed E-state index contributed by atoms with van der Waals surface area (Å²) < 4.78 is 13.9. The molecule has 0 saturated carbocycles. The molecule has 1 unspecified atom stereocenters. The van der Waals surface area contributed by atoms with Gasteiger partial charge in [0.2, 0.25) is 0 Å².